The SMILES string of the molecule is CCN(Cc1nnn(C)n1)C(=O)c1ccn2cccc2c1. The molecule has 0 saturated carbocycles. The summed E-state index contributed by atoms with van der Waals surface area (Å²) in [6.07, 6.45) is 3.83. The van der Waals surface area contributed by atoms with Crippen LogP contribution >= 0.6 is 0 Å². The maximum Gasteiger partial charge on any atom is 0.254 e. The van der Waals surface area contributed by atoms with Gasteiger partial charge in [-0.15, -0.1) is 10.2 Å². The van der Waals surface area contributed by atoms with Crippen molar-refractivity contribution < 1.29 is 4.79 Å². The molecular formula is C14H16N6O. The van der Waals surface area contributed by atoms with Crippen molar-refractivity contribution in [1.82, 2.24) is 29.5 Å². The number of rotatable bonds is 4. The lowest BCUT2D eigenvalue weighted by molar-refractivity contribution is 0.0748. The standard InChI is InChI=1S/C14H16N6O/c1-3-19(10-13-15-17-18(2)16-13)14(21)11-6-8-20-7-4-5-12(20)9-11/h4-9H,3,10H2,1-2H3. The molecule has 0 unspecified atom stereocenters. The van der Waals surface area contributed by atoms with Gasteiger partial charge in [0.1, 0.15) is 0 Å². The largest absolute Gasteiger partial charge is 0.331 e. The molecular weight excluding hydrogens is 268 g/mol. The van der Waals surface area contributed by atoms with E-state index in [9.17, 15) is 4.79 Å². The van der Waals surface area contributed by atoms with E-state index in [0.717, 1.165) is 5.52 Å². The number of hydrogen-bond donors (Lipinski definition) is 0. The third-order valence-electron chi connectivity index (χ3n) is 3.33. The fraction of sp³-hybridized carbons (Fsp3) is 0.286. The number of aryl methyl sites for hydroxylation is 1. The fourth-order valence-corrected chi connectivity index (χ4v) is 2.23. The van der Waals surface area contributed by atoms with Crippen LogP contribution in [-0.2, 0) is 13.6 Å². The minimum absolute atomic E-state index is 0.0337. The number of hydrogen-bond acceptors (Lipinski definition) is 4. The highest BCUT2D eigenvalue weighted by Crippen LogP contribution is 2.12. The van der Waals surface area contributed by atoms with Crippen LogP contribution in [0.1, 0.15) is 23.1 Å². The molecule has 3 aromatic rings. The molecule has 0 saturated heterocycles. The van der Waals surface area contributed by atoms with E-state index >= 15 is 0 Å². The Bertz CT molecular complexity index is 774. The molecule has 0 radical (unpaired) electrons. The summed E-state index contributed by atoms with van der Waals surface area (Å²) < 4.78 is 1.97. The molecule has 21 heavy (non-hydrogen) atoms. The van der Waals surface area contributed by atoms with Crippen molar-refractivity contribution in [3.63, 3.8) is 0 Å². The molecule has 0 fully saturated rings. The third-order valence-corrected chi connectivity index (χ3v) is 3.33. The van der Waals surface area contributed by atoms with Crippen molar-refractivity contribution in [1.29, 1.82) is 0 Å². The number of aromatic nitrogens is 5. The van der Waals surface area contributed by atoms with E-state index in [0.29, 0.717) is 24.5 Å². The van der Waals surface area contributed by atoms with Crippen LogP contribution in [0.5, 0.6) is 0 Å². The quantitative estimate of drug-likeness (QED) is 0.720. The first-order valence-corrected chi connectivity index (χ1v) is 6.76. The molecule has 7 heteroatoms. The van der Waals surface area contributed by atoms with Gasteiger partial charge in [-0.05, 0) is 36.4 Å². The molecule has 1 amide bonds. The number of amides is 1. The van der Waals surface area contributed by atoms with Crippen molar-refractivity contribution in [3.05, 3.63) is 48.0 Å². The third kappa shape index (κ3) is 2.62. The molecule has 0 spiro atoms. The Hall–Kier alpha value is -2.70. The topological polar surface area (TPSA) is 68.3 Å². The summed E-state index contributed by atoms with van der Waals surface area (Å²) in [6, 6.07) is 7.62. The van der Waals surface area contributed by atoms with Crippen LogP contribution in [0.3, 0.4) is 0 Å². The smallest absolute Gasteiger partial charge is 0.254 e. The highest BCUT2D eigenvalue weighted by molar-refractivity contribution is 5.95. The van der Waals surface area contributed by atoms with Crippen LogP contribution < -0.4 is 0 Å². The summed E-state index contributed by atoms with van der Waals surface area (Å²) in [4.78, 5) is 15.7. The van der Waals surface area contributed by atoms with Crippen molar-refractivity contribution in [2.75, 3.05) is 6.54 Å². The molecule has 0 aliphatic heterocycles. The van der Waals surface area contributed by atoms with Crippen molar-refractivity contribution >= 4 is 11.4 Å². The Kier molecular flexibility index (Phi) is 3.39. The first kappa shape index (κ1) is 13.3. The van der Waals surface area contributed by atoms with Gasteiger partial charge in [0.25, 0.3) is 5.91 Å². The zero-order valence-corrected chi connectivity index (χ0v) is 12.0. The van der Waals surface area contributed by atoms with Gasteiger partial charge in [0.2, 0.25) is 0 Å². The van der Waals surface area contributed by atoms with Crippen molar-refractivity contribution in [2.45, 2.75) is 13.5 Å². The summed E-state index contributed by atoms with van der Waals surface area (Å²) in [7, 11) is 1.70. The highest BCUT2D eigenvalue weighted by Gasteiger charge is 2.17. The predicted molar refractivity (Wildman–Crippen MR) is 76.6 cm³/mol. The second-order valence-electron chi connectivity index (χ2n) is 4.77. The van der Waals surface area contributed by atoms with Gasteiger partial charge in [-0.2, -0.15) is 4.80 Å². The average molecular weight is 284 g/mol. The van der Waals surface area contributed by atoms with Gasteiger partial charge >= 0.3 is 0 Å². The van der Waals surface area contributed by atoms with Crippen LogP contribution in [0.25, 0.3) is 5.52 Å². The number of nitrogens with zero attached hydrogens (tertiary/aromatic N) is 6. The lowest BCUT2D eigenvalue weighted by atomic mass is 10.2. The Morgan fingerprint density at radius 1 is 1.33 bits per heavy atom. The fourth-order valence-electron chi connectivity index (χ4n) is 2.23. The monoisotopic (exact) mass is 284 g/mol. The maximum atomic E-state index is 12.6. The van der Waals surface area contributed by atoms with Gasteiger partial charge in [0.15, 0.2) is 5.82 Å². The van der Waals surface area contributed by atoms with E-state index in [-0.39, 0.29) is 5.91 Å². The molecule has 3 aromatic heterocycles. The molecule has 3 heterocycles. The Balaban J connectivity index is 1.83. The lowest BCUT2D eigenvalue weighted by Crippen LogP contribution is -2.30. The lowest BCUT2D eigenvalue weighted by Gasteiger charge is -2.19. The summed E-state index contributed by atoms with van der Waals surface area (Å²) in [5.41, 5.74) is 1.65. The number of carbonyl (C=O) groups is 1. The molecule has 0 aliphatic carbocycles. The summed E-state index contributed by atoms with van der Waals surface area (Å²) in [6.45, 7) is 2.88. The molecule has 0 aliphatic rings. The van der Waals surface area contributed by atoms with Crippen LogP contribution in [0, 0.1) is 0 Å². The second kappa shape index (κ2) is 5.35. The predicted octanol–water partition coefficient (Wildman–Crippen LogP) is 1.13. The van der Waals surface area contributed by atoms with Gasteiger partial charge in [-0.1, -0.05) is 0 Å². The zero-order valence-electron chi connectivity index (χ0n) is 12.0. The van der Waals surface area contributed by atoms with Crippen LogP contribution in [0.15, 0.2) is 36.7 Å². The molecule has 0 atom stereocenters. The molecule has 0 N–H and O–H groups in total. The first-order valence-electron chi connectivity index (χ1n) is 6.76. The van der Waals surface area contributed by atoms with Crippen LogP contribution in [0.4, 0.5) is 0 Å². The van der Waals surface area contributed by atoms with Gasteiger partial charge < -0.3 is 9.30 Å². The van der Waals surface area contributed by atoms with Gasteiger partial charge in [-0.3, -0.25) is 4.79 Å². The Morgan fingerprint density at radius 2 is 2.19 bits per heavy atom. The minimum Gasteiger partial charge on any atom is -0.331 e. The zero-order chi connectivity index (χ0) is 14.8. The Labute approximate surface area is 121 Å². The first-order chi connectivity index (χ1) is 10.2. The molecule has 3 rings (SSSR count). The van der Waals surface area contributed by atoms with E-state index in [1.165, 1.54) is 4.80 Å². The van der Waals surface area contributed by atoms with E-state index in [1.807, 2.05) is 48.0 Å². The van der Waals surface area contributed by atoms with Gasteiger partial charge in [-0.25, -0.2) is 0 Å². The van der Waals surface area contributed by atoms with Crippen molar-refractivity contribution in [2.24, 2.45) is 7.05 Å². The van der Waals surface area contributed by atoms with E-state index in [1.54, 1.807) is 11.9 Å². The highest BCUT2D eigenvalue weighted by atomic mass is 16.2. The molecule has 0 aromatic carbocycles. The maximum absolute atomic E-state index is 12.6. The molecule has 7 nitrogen and oxygen atoms in total. The number of fused-ring (bicyclic) bond motifs is 1. The summed E-state index contributed by atoms with van der Waals surface area (Å²) >= 11 is 0. The second-order valence-corrected chi connectivity index (χ2v) is 4.77. The van der Waals surface area contributed by atoms with Crippen LogP contribution in [0.2, 0.25) is 0 Å². The van der Waals surface area contributed by atoms with E-state index in [4.69, 9.17) is 0 Å². The van der Waals surface area contributed by atoms with Crippen LogP contribution in [-0.4, -0.2) is 42.0 Å². The van der Waals surface area contributed by atoms with E-state index in [2.05, 4.69) is 15.4 Å². The van der Waals surface area contributed by atoms with E-state index < -0.39 is 0 Å². The summed E-state index contributed by atoms with van der Waals surface area (Å²) in [5, 5.41) is 11.8. The molecule has 0 bridgehead atoms. The van der Waals surface area contributed by atoms with Gasteiger partial charge in [0, 0.05) is 30.0 Å². The van der Waals surface area contributed by atoms with Crippen molar-refractivity contribution in [3.8, 4) is 0 Å². The van der Waals surface area contributed by atoms with Gasteiger partial charge in [0.05, 0.1) is 13.6 Å². The summed E-state index contributed by atoms with van der Waals surface area (Å²) in [5.74, 6) is 0.505. The number of tetrazole rings is 1. The average Bonchev–Trinajstić information content (AvgIpc) is 3.11. The number of pyridine rings is 1. The Morgan fingerprint density at radius 3 is 2.90 bits per heavy atom. The minimum atomic E-state index is -0.0337. The molecule has 108 valence electrons. The normalized spacial score (nSPS) is 11.0. The number of carbonyl (C=O) groups excluding carboxylic acids is 1.